The Morgan fingerprint density at radius 2 is 1.30 bits per heavy atom. The van der Waals surface area contributed by atoms with E-state index in [4.69, 9.17) is 4.74 Å². The van der Waals surface area contributed by atoms with E-state index >= 15 is 0 Å². The quantitative estimate of drug-likeness (QED) is 0.151. The molecule has 0 aliphatic carbocycles. The molecule has 1 unspecified atom stereocenters. The largest absolute Gasteiger partial charge is 0.448 e. The van der Waals surface area contributed by atoms with Crippen molar-refractivity contribution >= 4 is 21.8 Å². The number of ether oxygens (including phenoxy) is 1. The number of hydrogen-bond donors (Lipinski definition) is 0. The second-order valence-electron chi connectivity index (χ2n) is 12.1. The topological polar surface area (TPSA) is 70.2 Å². The molecule has 242 valence electrons. The lowest BCUT2D eigenvalue weighted by atomic mass is 10.0. The van der Waals surface area contributed by atoms with Crippen LogP contribution in [0.5, 0.6) is 0 Å². The first-order valence-electron chi connectivity index (χ1n) is 16.3. The van der Waals surface area contributed by atoms with E-state index in [2.05, 4.69) is 43.0 Å². The first-order chi connectivity index (χ1) is 22.3. The summed E-state index contributed by atoms with van der Waals surface area (Å²) in [4.78, 5) is 17.6. The third-order valence-electron chi connectivity index (χ3n) is 8.61. The van der Waals surface area contributed by atoms with Crippen LogP contribution >= 0.6 is 0 Å². The van der Waals surface area contributed by atoms with E-state index in [9.17, 15) is 13.2 Å². The highest BCUT2D eigenvalue weighted by atomic mass is 32.2. The van der Waals surface area contributed by atoms with E-state index in [1.54, 1.807) is 21.3 Å². The molecule has 0 radical (unpaired) electrons. The van der Waals surface area contributed by atoms with Crippen LogP contribution in [0.25, 0.3) is 0 Å². The number of sulfonamides is 1. The minimum absolute atomic E-state index is 0.00988. The van der Waals surface area contributed by atoms with Gasteiger partial charge in [0.1, 0.15) is 6.61 Å². The summed E-state index contributed by atoms with van der Waals surface area (Å²) in [6.07, 6.45) is 2.59. The molecule has 0 aromatic heterocycles. The molecule has 1 atom stereocenters. The number of anilines is 1. The van der Waals surface area contributed by atoms with Gasteiger partial charge in [-0.2, -0.15) is 0 Å². The van der Waals surface area contributed by atoms with Crippen molar-refractivity contribution in [1.82, 2.24) is 9.80 Å². The van der Waals surface area contributed by atoms with Gasteiger partial charge in [0.25, 0.3) is 10.0 Å². The van der Waals surface area contributed by atoms with Crippen molar-refractivity contribution in [3.63, 3.8) is 0 Å². The lowest BCUT2D eigenvalue weighted by Gasteiger charge is -2.38. The predicted octanol–water partition coefficient (Wildman–Crippen LogP) is 7.53. The van der Waals surface area contributed by atoms with Gasteiger partial charge in [-0.15, -0.1) is 0 Å². The van der Waals surface area contributed by atoms with Crippen LogP contribution < -0.4 is 4.31 Å². The van der Waals surface area contributed by atoms with E-state index < -0.39 is 10.0 Å². The van der Waals surface area contributed by atoms with Crippen molar-refractivity contribution in [1.29, 1.82) is 0 Å². The number of piperidine rings is 1. The van der Waals surface area contributed by atoms with Gasteiger partial charge in [-0.3, -0.25) is 9.21 Å². The van der Waals surface area contributed by atoms with Gasteiger partial charge in [0.15, 0.2) is 0 Å². The summed E-state index contributed by atoms with van der Waals surface area (Å²) >= 11 is 0. The summed E-state index contributed by atoms with van der Waals surface area (Å²) in [5, 5.41) is 0. The van der Waals surface area contributed by atoms with Crippen LogP contribution in [0, 0.1) is 0 Å². The summed E-state index contributed by atoms with van der Waals surface area (Å²) < 4.78 is 35.5. The van der Waals surface area contributed by atoms with Crippen molar-refractivity contribution in [3.8, 4) is 0 Å². The minimum atomic E-state index is -3.81. The van der Waals surface area contributed by atoms with Crippen LogP contribution in [-0.4, -0.2) is 56.1 Å². The number of likely N-dealkylation sites (tertiary alicyclic amines) is 1. The van der Waals surface area contributed by atoms with E-state index in [0.29, 0.717) is 31.6 Å². The van der Waals surface area contributed by atoms with Gasteiger partial charge < -0.3 is 9.64 Å². The zero-order chi connectivity index (χ0) is 32.4. The number of rotatable bonds is 13. The number of amides is 1. The molecular weight excluding hydrogens is 595 g/mol. The van der Waals surface area contributed by atoms with Crippen LogP contribution in [0.4, 0.5) is 10.5 Å². The fourth-order valence-corrected chi connectivity index (χ4v) is 7.74. The van der Waals surface area contributed by atoms with Gasteiger partial charge in [0.05, 0.1) is 10.6 Å². The molecular formula is C38H45N3O4S. The molecule has 1 amide bonds. The van der Waals surface area contributed by atoms with Crippen molar-refractivity contribution in [2.45, 2.75) is 69.6 Å². The molecule has 5 rings (SSSR count). The van der Waals surface area contributed by atoms with Gasteiger partial charge in [0, 0.05) is 38.3 Å². The molecule has 4 aromatic carbocycles. The van der Waals surface area contributed by atoms with E-state index in [1.807, 2.05) is 78.9 Å². The number of carbonyl (C=O) groups is 1. The van der Waals surface area contributed by atoms with Gasteiger partial charge in [-0.1, -0.05) is 104 Å². The maximum absolute atomic E-state index is 14.0. The monoisotopic (exact) mass is 639 g/mol. The molecule has 8 heteroatoms. The van der Waals surface area contributed by atoms with Gasteiger partial charge in [-0.25, -0.2) is 13.2 Å². The molecule has 0 spiro atoms. The Labute approximate surface area is 274 Å². The summed E-state index contributed by atoms with van der Waals surface area (Å²) in [6.45, 7) is 6.78. The molecule has 4 aromatic rings. The number of carbonyl (C=O) groups excluding carboxylic acids is 1. The average molecular weight is 640 g/mol. The third-order valence-corrected chi connectivity index (χ3v) is 10.5. The minimum Gasteiger partial charge on any atom is -0.448 e. The van der Waals surface area contributed by atoms with Gasteiger partial charge in [-0.05, 0) is 67.1 Å². The van der Waals surface area contributed by atoms with Crippen molar-refractivity contribution < 1.29 is 17.9 Å². The maximum Gasteiger partial charge on any atom is 0.409 e. The first-order valence-corrected chi connectivity index (χ1v) is 17.7. The molecule has 1 saturated heterocycles. The predicted molar refractivity (Wildman–Crippen MR) is 184 cm³/mol. The second-order valence-corrected chi connectivity index (χ2v) is 13.9. The Kier molecular flexibility index (Phi) is 11.5. The Hall–Kier alpha value is -4.14. The first kappa shape index (κ1) is 33.2. The maximum atomic E-state index is 14.0. The molecule has 7 nitrogen and oxygen atoms in total. The summed E-state index contributed by atoms with van der Waals surface area (Å²) in [5.74, 6) is 0. The summed E-state index contributed by atoms with van der Waals surface area (Å²) in [5.41, 5.74) is 4.16. The highest BCUT2D eigenvalue weighted by Crippen LogP contribution is 2.31. The second kappa shape index (κ2) is 15.9. The van der Waals surface area contributed by atoms with Crippen LogP contribution in [0.15, 0.2) is 120 Å². The highest BCUT2D eigenvalue weighted by Gasteiger charge is 2.35. The highest BCUT2D eigenvalue weighted by molar-refractivity contribution is 7.92. The van der Waals surface area contributed by atoms with E-state index in [1.165, 1.54) is 11.1 Å². The zero-order valence-corrected chi connectivity index (χ0v) is 27.7. The standard InChI is InChI=1S/C38H45N3O4S/c1-3-13-32-20-22-37(23-21-32)46(43,44)41(35-18-11-6-12-19-35)36-24-26-39(27-25-36)38(42)45-30-31(2)40(28-33-14-7-4-8-15-33)29-34-16-9-5-10-17-34/h4-12,14-23,31,36H,3,13,24-30H2,1-2H3. The normalized spacial score (nSPS) is 14.6. The lowest BCUT2D eigenvalue weighted by molar-refractivity contribution is 0.0592. The Bertz CT molecular complexity index is 1570. The lowest BCUT2D eigenvalue weighted by Crippen LogP contribution is -2.49. The van der Waals surface area contributed by atoms with Crippen LogP contribution in [0.3, 0.4) is 0 Å². The van der Waals surface area contributed by atoms with Crippen molar-refractivity contribution in [2.75, 3.05) is 24.0 Å². The van der Waals surface area contributed by atoms with Gasteiger partial charge >= 0.3 is 6.09 Å². The number of aryl methyl sites for hydroxylation is 1. The van der Waals surface area contributed by atoms with Crippen LogP contribution in [0.2, 0.25) is 0 Å². The number of hydrogen-bond acceptors (Lipinski definition) is 5. The molecule has 1 fully saturated rings. The van der Waals surface area contributed by atoms with Gasteiger partial charge in [0.2, 0.25) is 0 Å². The molecule has 0 saturated carbocycles. The molecule has 0 N–H and O–H groups in total. The smallest absolute Gasteiger partial charge is 0.409 e. The number of para-hydroxylation sites is 1. The molecule has 0 bridgehead atoms. The summed E-state index contributed by atoms with van der Waals surface area (Å²) in [7, 11) is -3.81. The number of nitrogens with zero attached hydrogens (tertiary/aromatic N) is 3. The fraction of sp³-hybridized carbons (Fsp3) is 0.342. The molecule has 1 heterocycles. The van der Waals surface area contributed by atoms with E-state index in [-0.39, 0.29) is 29.7 Å². The number of benzene rings is 4. The fourth-order valence-electron chi connectivity index (χ4n) is 6.03. The Morgan fingerprint density at radius 1 is 0.783 bits per heavy atom. The van der Waals surface area contributed by atoms with E-state index in [0.717, 1.165) is 31.5 Å². The van der Waals surface area contributed by atoms with Crippen molar-refractivity contribution in [2.24, 2.45) is 0 Å². The Morgan fingerprint density at radius 3 is 1.83 bits per heavy atom. The molecule has 1 aliphatic rings. The molecule has 46 heavy (non-hydrogen) atoms. The SMILES string of the molecule is CCCc1ccc(S(=O)(=O)N(c2ccccc2)C2CCN(C(=O)OCC(C)N(Cc3ccccc3)Cc3ccccc3)CC2)cc1. The average Bonchev–Trinajstić information content (AvgIpc) is 3.09. The molecule has 1 aliphatic heterocycles. The Balaban J connectivity index is 1.22. The van der Waals surface area contributed by atoms with Crippen molar-refractivity contribution in [3.05, 3.63) is 132 Å². The zero-order valence-electron chi connectivity index (χ0n) is 26.9. The third kappa shape index (κ3) is 8.56. The van der Waals surface area contributed by atoms with Crippen LogP contribution in [-0.2, 0) is 34.3 Å². The summed E-state index contributed by atoms with van der Waals surface area (Å²) in [6, 6.07) is 36.8. The van der Waals surface area contributed by atoms with Crippen LogP contribution in [0.1, 0.15) is 49.8 Å².